The fraction of sp³-hybridized carbons (Fsp3) is 0.333. The van der Waals surface area contributed by atoms with Gasteiger partial charge in [0.1, 0.15) is 12.4 Å². The van der Waals surface area contributed by atoms with Gasteiger partial charge in [-0.1, -0.05) is 78.9 Å². The van der Waals surface area contributed by atoms with E-state index in [0.717, 1.165) is 12.8 Å². The molecule has 1 aliphatic heterocycles. The van der Waals surface area contributed by atoms with Gasteiger partial charge < -0.3 is 9.64 Å². The number of para-hydroxylation sites is 1. The van der Waals surface area contributed by atoms with Crippen molar-refractivity contribution in [1.82, 2.24) is 4.90 Å². The monoisotopic (exact) mass is 455 g/mol. The van der Waals surface area contributed by atoms with E-state index in [1.54, 1.807) is 0 Å². The third-order valence-electron chi connectivity index (χ3n) is 6.94. The van der Waals surface area contributed by atoms with Gasteiger partial charge in [0.25, 0.3) is 0 Å². The Labute approximate surface area is 202 Å². The van der Waals surface area contributed by atoms with Crippen molar-refractivity contribution in [2.75, 3.05) is 13.7 Å². The van der Waals surface area contributed by atoms with Crippen LogP contribution in [-0.2, 0) is 22.4 Å². The van der Waals surface area contributed by atoms with E-state index in [1.807, 2.05) is 66.5 Å². The van der Waals surface area contributed by atoms with E-state index >= 15 is 0 Å². The Morgan fingerprint density at radius 3 is 2.06 bits per heavy atom. The number of hydrogen-bond donors (Lipinski definition) is 0. The van der Waals surface area contributed by atoms with Crippen LogP contribution in [0.15, 0.2) is 91.0 Å². The zero-order valence-electron chi connectivity index (χ0n) is 19.8. The number of likely N-dealkylation sites (tertiary alicyclic amines) is 1. The molecule has 0 aromatic heterocycles. The third kappa shape index (κ3) is 6.13. The SMILES string of the molecule is CN1C(=O)C(Cc2ccccc2)C(CCC(=O)COc2ccccc2)C1CCc1ccccc1. The van der Waals surface area contributed by atoms with Gasteiger partial charge in [-0.05, 0) is 54.9 Å². The first-order valence-electron chi connectivity index (χ1n) is 12.2. The highest BCUT2D eigenvalue weighted by Crippen LogP contribution is 2.38. The maximum Gasteiger partial charge on any atom is 0.226 e. The van der Waals surface area contributed by atoms with E-state index in [0.29, 0.717) is 25.0 Å². The molecule has 176 valence electrons. The number of ether oxygens (including phenoxy) is 1. The van der Waals surface area contributed by atoms with Crippen LogP contribution in [0.3, 0.4) is 0 Å². The highest BCUT2D eigenvalue weighted by Gasteiger charge is 2.45. The Morgan fingerprint density at radius 1 is 0.824 bits per heavy atom. The lowest BCUT2D eigenvalue weighted by molar-refractivity contribution is -0.131. The summed E-state index contributed by atoms with van der Waals surface area (Å²) >= 11 is 0. The van der Waals surface area contributed by atoms with Gasteiger partial charge in [-0.3, -0.25) is 9.59 Å². The molecule has 3 unspecified atom stereocenters. The first-order valence-corrected chi connectivity index (χ1v) is 12.2. The lowest BCUT2D eigenvalue weighted by atomic mass is 9.80. The molecule has 3 aromatic carbocycles. The minimum Gasteiger partial charge on any atom is -0.486 e. The maximum atomic E-state index is 13.3. The summed E-state index contributed by atoms with van der Waals surface area (Å²) in [6, 6.07) is 30.2. The Bertz CT molecular complexity index is 1050. The number of carbonyl (C=O) groups is 2. The van der Waals surface area contributed by atoms with Gasteiger partial charge in [0.15, 0.2) is 5.78 Å². The average molecular weight is 456 g/mol. The third-order valence-corrected chi connectivity index (χ3v) is 6.94. The van der Waals surface area contributed by atoms with Crippen molar-refractivity contribution in [2.24, 2.45) is 11.8 Å². The summed E-state index contributed by atoms with van der Waals surface area (Å²) in [5, 5.41) is 0. The van der Waals surface area contributed by atoms with E-state index in [4.69, 9.17) is 4.74 Å². The highest BCUT2D eigenvalue weighted by molar-refractivity contribution is 5.83. The largest absolute Gasteiger partial charge is 0.486 e. The normalized spacial score (nSPS) is 19.9. The number of ketones is 1. The lowest BCUT2D eigenvalue weighted by Gasteiger charge is -2.26. The smallest absolute Gasteiger partial charge is 0.226 e. The molecule has 0 saturated carbocycles. The van der Waals surface area contributed by atoms with Gasteiger partial charge in [-0.2, -0.15) is 0 Å². The van der Waals surface area contributed by atoms with Gasteiger partial charge in [0.2, 0.25) is 5.91 Å². The molecule has 34 heavy (non-hydrogen) atoms. The molecule has 0 N–H and O–H groups in total. The van der Waals surface area contributed by atoms with Crippen molar-refractivity contribution >= 4 is 11.7 Å². The second kappa shape index (κ2) is 11.6. The van der Waals surface area contributed by atoms with Crippen LogP contribution in [0, 0.1) is 11.8 Å². The summed E-state index contributed by atoms with van der Waals surface area (Å²) in [6.45, 7) is 0.0680. The Kier molecular flexibility index (Phi) is 8.13. The minimum absolute atomic E-state index is 0.0680. The predicted molar refractivity (Wildman–Crippen MR) is 135 cm³/mol. The second-order valence-electron chi connectivity index (χ2n) is 9.18. The van der Waals surface area contributed by atoms with Crippen LogP contribution in [0.5, 0.6) is 5.75 Å². The van der Waals surface area contributed by atoms with E-state index in [9.17, 15) is 9.59 Å². The van der Waals surface area contributed by atoms with Crippen molar-refractivity contribution in [3.63, 3.8) is 0 Å². The molecule has 3 aromatic rings. The number of rotatable bonds is 11. The Balaban J connectivity index is 1.43. The molecule has 1 saturated heterocycles. The summed E-state index contributed by atoms with van der Waals surface area (Å²) in [6.07, 6.45) is 3.65. The molecule has 1 aliphatic rings. The van der Waals surface area contributed by atoms with E-state index in [-0.39, 0.29) is 36.2 Å². The summed E-state index contributed by atoms with van der Waals surface area (Å²) < 4.78 is 5.65. The maximum absolute atomic E-state index is 13.3. The molecule has 4 nitrogen and oxygen atoms in total. The van der Waals surface area contributed by atoms with Gasteiger partial charge in [-0.15, -0.1) is 0 Å². The molecule has 1 fully saturated rings. The van der Waals surface area contributed by atoms with Crippen molar-refractivity contribution in [3.8, 4) is 5.75 Å². The van der Waals surface area contributed by atoms with Crippen LogP contribution >= 0.6 is 0 Å². The van der Waals surface area contributed by atoms with Crippen molar-refractivity contribution < 1.29 is 14.3 Å². The molecule has 0 aliphatic carbocycles. The molecule has 4 heteroatoms. The fourth-order valence-electron chi connectivity index (χ4n) is 5.11. The number of amides is 1. The molecule has 0 bridgehead atoms. The molecule has 1 heterocycles. The van der Waals surface area contributed by atoms with E-state index in [1.165, 1.54) is 11.1 Å². The van der Waals surface area contributed by atoms with Gasteiger partial charge in [-0.25, -0.2) is 0 Å². The minimum atomic E-state index is -0.101. The number of hydrogen-bond acceptors (Lipinski definition) is 3. The Hall–Kier alpha value is -3.40. The van der Waals surface area contributed by atoms with Gasteiger partial charge in [0.05, 0.1) is 0 Å². The van der Waals surface area contributed by atoms with Crippen LogP contribution in [0.1, 0.15) is 30.4 Å². The standard InChI is InChI=1S/C30H33NO3/c1-31-29(20-17-23-11-5-2-6-12-23)27(28(30(31)33)21-24-13-7-3-8-14-24)19-18-25(32)22-34-26-15-9-4-10-16-26/h2-16,27-29H,17-22H2,1H3. The summed E-state index contributed by atoms with van der Waals surface area (Å²) in [7, 11) is 1.93. The Morgan fingerprint density at radius 2 is 1.41 bits per heavy atom. The lowest BCUT2D eigenvalue weighted by Crippen LogP contribution is -2.32. The van der Waals surface area contributed by atoms with Gasteiger partial charge in [0, 0.05) is 25.4 Å². The zero-order chi connectivity index (χ0) is 23.8. The number of nitrogens with zero attached hydrogens (tertiary/aromatic N) is 1. The van der Waals surface area contributed by atoms with Crippen LogP contribution in [0.2, 0.25) is 0 Å². The van der Waals surface area contributed by atoms with Crippen LogP contribution in [0.4, 0.5) is 0 Å². The summed E-state index contributed by atoms with van der Waals surface area (Å²) in [5.74, 6) is 1.01. The van der Waals surface area contributed by atoms with Crippen molar-refractivity contribution in [2.45, 2.75) is 38.1 Å². The molecule has 3 atom stereocenters. The average Bonchev–Trinajstić information content (AvgIpc) is 3.10. The second-order valence-corrected chi connectivity index (χ2v) is 9.18. The van der Waals surface area contributed by atoms with Crippen LogP contribution in [0.25, 0.3) is 0 Å². The number of aryl methyl sites for hydroxylation is 1. The van der Waals surface area contributed by atoms with Crippen LogP contribution < -0.4 is 4.74 Å². The first kappa shape index (κ1) is 23.7. The quantitative estimate of drug-likeness (QED) is 0.391. The van der Waals surface area contributed by atoms with Crippen molar-refractivity contribution in [1.29, 1.82) is 0 Å². The van der Waals surface area contributed by atoms with Crippen LogP contribution in [-0.4, -0.2) is 36.3 Å². The first-order chi connectivity index (χ1) is 16.6. The fourth-order valence-corrected chi connectivity index (χ4v) is 5.11. The zero-order valence-corrected chi connectivity index (χ0v) is 19.8. The van der Waals surface area contributed by atoms with Gasteiger partial charge >= 0.3 is 0 Å². The highest BCUT2D eigenvalue weighted by atomic mass is 16.5. The molecule has 0 spiro atoms. The number of carbonyl (C=O) groups excluding carboxylic acids is 2. The summed E-state index contributed by atoms with van der Waals surface area (Å²) in [5.41, 5.74) is 2.45. The van der Waals surface area contributed by atoms with Crippen molar-refractivity contribution in [3.05, 3.63) is 102 Å². The molecule has 1 amide bonds. The molecular formula is C30H33NO3. The predicted octanol–water partition coefficient (Wildman–Crippen LogP) is 5.36. The molecule has 0 radical (unpaired) electrons. The molecule has 4 rings (SSSR count). The number of Topliss-reactive ketones (excluding diaryl/α,β-unsaturated/α-hetero) is 1. The van der Waals surface area contributed by atoms with E-state index in [2.05, 4.69) is 36.4 Å². The van der Waals surface area contributed by atoms with E-state index < -0.39 is 0 Å². The topological polar surface area (TPSA) is 46.6 Å². The summed E-state index contributed by atoms with van der Waals surface area (Å²) in [4.78, 5) is 27.9. The number of benzene rings is 3. The molecular weight excluding hydrogens is 422 g/mol.